The van der Waals surface area contributed by atoms with Crippen LogP contribution < -0.4 is 10.2 Å². The number of nitriles is 1. The van der Waals surface area contributed by atoms with Gasteiger partial charge in [-0.05, 0) is 30.3 Å². The third-order valence-corrected chi connectivity index (χ3v) is 3.83. The number of amides is 2. The van der Waals surface area contributed by atoms with Crippen molar-refractivity contribution < 1.29 is 19.1 Å². The molecule has 0 bridgehead atoms. The summed E-state index contributed by atoms with van der Waals surface area (Å²) in [6.07, 6.45) is 0.0296. The molecule has 0 fully saturated rings. The summed E-state index contributed by atoms with van der Waals surface area (Å²) in [6.45, 7) is 1.50. The molecule has 0 aliphatic rings. The lowest BCUT2D eigenvalue weighted by molar-refractivity contribution is -0.117. The van der Waals surface area contributed by atoms with Crippen molar-refractivity contribution in [1.29, 1.82) is 5.26 Å². The number of carbonyl (C=O) groups excluding carboxylic acids is 3. The predicted molar refractivity (Wildman–Crippen MR) is 100 cm³/mol. The van der Waals surface area contributed by atoms with Crippen molar-refractivity contribution in [2.45, 2.75) is 13.3 Å². The van der Waals surface area contributed by atoms with Gasteiger partial charge in [-0.2, -0.15) is 5.26 Å². The number of hydrogen-bond acceptors (Lipinski definition) is 5. The molecule has 0 saturated heterocycles. The molecule has 2 rings (SSSR count). The van der Waals surface area contributed by atoms with E-state index in [-0.39, 0.29) is 24.8 Å². The topological polar surface area (TPSA) is 99.5 Å². The van der Waals surface area contributed by atoms with E-state index in [1.54, 1.807) is 42.5 Å². The van der Waals surface area contributed by atoms with Gasteiger partial charge in [-0.25, -0.2) is 4.79 Å². The van der Waals surface area contributed by atoms with Crippen LogP contribution in [0.5, 0.6) is 0 Å². The molecule has 2 aromatic rings. The number of hydrogen-bond donors (Lipinski definition) is 1. The maximum Gasteiger partial charge on any atom is 0.337 e. The molecule has 138 valence electrons. The maximum atomic E-state index is 12.2. The highest BCUT2D eigenvalue weighted by Crippen LogP contribution is 2.20. The Kier molecular flexibility index (Phi) is 6.67. The minimum absolute atomic E-state index is 0.0296. The Hall–Kier alpha value is -3.66. The lowest BCUT2D eigenvalue weighted by Crippen LogP contribution is -2.32. The second-order valence-corrected chi connectivity index (χ2v) is 5.67. The fraction of sp³-hybridized carbons (Fsp3) is 0.200. The number of nitrogens with zero attached hydrogens (tertiary/aromatic N) is 2. The first-order valence-electron chi connectivity index (χ1n) is 8.21. The first kappa shape index (κ1) is 19.7. The van der Waals surface area contributed by atoms with Gasteiger partial charge in [0.05, 0.1) is 23.9 Å². The lowest BCUT2D eigenvalue weighted by atomic mass is 10.1. The van der Waals surface area contributed by atoms with E-state index >= 15 is 0 Å². The van der Waals surface area contributed by atoms with Crippen LogP contribution in [0.25, 0.3) is 0 Å². The van der Waals surface area contributed by atoms with Gasteiger partial charge in [-0.3, -0.25) is 9.59 Å². The quantitative estimate of drug-likeness (QED) is 0.794. The summed E-state index contributed by atoms with van der Waals surface area (Å²) in [7, 11) is 1.28. The second-order valence-electron chi connectivity index (χ2n) is 5.67. The molecule has 0 heterocycles. The molecular formula is C20H19N3O4. The van der Waals surface area contributed by atoms with E-state index in [0.29, 0.717) is 22.5 Å². The van der Waals surface area contributed by atoms with E-state index in [2.05, 4.69) is 10.1 Å². The van der Waals surface area contributed by atoms with Crippen molar-refractivity contribution in [2.75, 3.05) is 23.9 Å². The van der Waals surface area contributed by atoms with Gasteiger partial charge in [0.25, 0.3) is 0 Å². The van der Waals surface area contributed by atoms with Gasteiger partial charge in [0.2, 0.25) is 11.8 Å². The first-order valence-corrected chi connectivity index (χ1v) is 8.21. The highest BCUT2D eigenvalue weighted by atomic mass is 16.5. The van der Waals surface area contributed by atoms with Crippen LogP contribution in [0.15, 0.2) is 48.5 Å². The Balaban J connectivity index is 2.06. The summed E-state index contributed by atoms with van der Waals surface area (Å²) in [6, 6.07) is 15.1. The van der Waals surface area contributed by atoms with Crippen LogP contribution in [-0.4, -0.2) is 31.4 Å². The minimum atomic E-state index is -0.498. The summed E-state index contributed by atoms with van der Waals surface area (Å²) in [5, 5.41) is 11.9. The summed E-state index contributed by atoms with van der Waals surface area (Å²) in [5.74, 6) is -1.09. The average Bonchev–Trinajstić information content (AvgIpc) is 2.67. The number of esters is 1. The fourth-order valence-electron chi connectivity index (χ4n) is 2.53. The van der Waals surface area contributed by atoms with Gasteiger partial charge in [0.1, 0.15) is 6.07 Å². The number of methoxy groups -OCH3 is 1. The van der Waals surface area contributed by atoms with Crippen molar-refractivity contribution in [3.63, 3.8) is 0 Å². The van der Waals surface area contributed by atoms with Crippen LogP contribution in [-0.2, 0) is 14.3 Å². The number of ether oxygens (including phenoxy) is 1. The Morgan fingerprint density at radius 3 is 2.56 bits per heavy atom. The van der Waals surface area contributed by atoms with Gasteiger partial charge in [-0.15, -0.1) is 0 Å². The summed E-state index contributed by atoms with van der Waals surface area (Å²) < 4.78 is 4.65. The van der Waals surface area contributed by atoms with E-state index in [0.717, 1.165) is 0 Å². The molecule has 0 aliphatic heterocycles. The molecule has 7 nitrogen and oxygen atoms in total. The van der Waals surface area contributed by atoms with Crippen LogP contribution in [0.3, 0.4) is 0 Å². The van der Waals surface area contributed by atoms with Crippen molar-refractivity contribution in [1.82, 2.24) is 0 Å². The number of carbonyl (C=O) groups is 3. The van der Waals surface area contributed by atoms with Gasteiger partial charge >= 0.3 is 5.97 Å². The van der Waals surface area contributed by atoms with E-state index in [9.17, 15) is 19.6 Å². The molecule has 2 amide bonds. The monoisotopic (exact) mass is 365 g/mol. The average molecular weight is 365 g/mol. The number of para-hydroxylation sites is 1. The molecular weight excluding hydrogens is 346 g/mol. The van der Waals surface area contributed by atoms with Gasteiger partial charge in [0, 0.05) is 25.6 Å². The van der Waals surface area contributed by atoms with E-state index < -0.39 is 5.97 Å². The predicted octanol–water partition coefficient (Wildman–Crippen LogP) is 2.73. The second kappa shape index (κ2) is 9.15. The third kappa shape index (κ3) is 5.16. The highest BCUT2D eigenvalue weighted by molar-refractivity contribution is 5.96. The number of nitrogens with one attached hydrogen (secondary N) is 1. The van der Waals surface area contributed by atoms with Crippen molar-refractivity contribution >= 4 is 29.2 Å². The molecule has 0 aromatic heterocycles. The lowest BCUT2D eigenvalue weighted by Gasteiger charge is -2.22. The molecule has 0 spiro atoms. The summed E-state index contributed by atoms with van der Waals surface area (Å²) in [5.41, 5.74) is 1.60. The van der Waals surface area contributed by atoms with Crippen LogP contribution >= 0.6 is 0 Å². The SMILES string of the molecule is COC(=O)c1cccc(NC(=O)CCN(C(C)=O)c2ccccc2C#N)c1. The first-order chi connectivity index (χ1) is 13.0. The zero-order valence-corrected chi connectivity index (χ0v) is 15.1. The molecule has 2 aromatic carbocycles. The minimum Gasteiger partial charge on any atom is -0.465 e. The third-order valence-electron chi connectivity index (χ3n) is 3.83. The summed E-state index contributed by atoms with van der Waals surface area (Å²) >= 11 is 0. The van der Waals surface area contributed by atoms with E-state index in [1.165, 1.54) is 25.0 Å². The van der Waals surface area contributed by atoms with Crippen LogP contribution in [0.2, 0.25) is 0 Å². The van der Waals surface area contributed by atoms with Gasteiger partial charge < -0.3 is 15.0 Å². The van der Waals surface area contributed by atoms with E-state index in [4.69, 9.17) is 0 Å². The molecule has 0 saturated carbocycles. The van der Waals surface area contributed by atoms with Crippen molar-refractivity contribution in [3.05, 3.63) is 59.7 Å². The zero-order chi connectivity index (χ0) is 19.8. The fourth-order valence-corrected chi connectivity index (χ4v) is 2.53. The maximum absolute atomic E-state index is 12.2. The van der Waals surface area contributed by atoms with E-state index in [1.807, 2.05) is 6.07 Å². The van der Waals surface area contributed by atoms with Crippen LogP contribution in [0, 0.1) is 11.3 Å². The molecule has 0 aliphatic carbocycles. The largest absolute Gasteiger partial charge is 0.465 e. The zero-order valence-electron chi connectivity index (χ0n) is 15.1. The Morgan fingerprint density at radius 1 is 1.15 bits per heavy atom. The molecule has 1 N–H and O–H groups in total. The van der Waals surface area contributed by atoms with Crippen LogP contribution in [0.1, 0.15) is 29.3 Å². The molecule has 7 heteroatoms. The Labute approximate surface area is 157 Å². The standard InChI is InChI=1S/C20H19N3O4/c1-14(24)23(18-9-4-3-6-16(18)13-21)11-10-19(25)22-17-8-5-7-15(12-17)20(26)27-2/h3-9,12H,10-11H2,1-2H3,(H,22,25). The smallest absolute Gasteiger partial charge is 0.337 e. The number of anilines is 2. The number of rotatable bonds is 6. The van der Waals surface area contributed by atoms with Crippen LogP contribution in [0.4, 0.5) is 11.4 Å². The van der Waals surface area contributed by atoms with Gasteiger partial charge in [-0.1, -0.05) is 18.2 Å². The Morgan fingerprint density at radius 2 is 1.89 bits per heavy atom. The normalized spacial score (nSPS) is 9.81. The Bertz CT molecular complexity index is 902. The van der Waals surface area contributed by atoms with Crippen molar-refractivity contribution in [3.8, 4) is 6.07 Å². The molecule has 0 unspecified atom stereocenters. The summed E-state index contributed by atoms with van der Waals surface area (Å²) in [4.78, 5) is 37.2. The molecule has 27 heavy (non-hydrogen) atoms. The number of benzene rings is 2. The van der Waals surface area contributed by atoms with Gasteiger partial charge in [0.15, 0.2) is 0 Å². The van der Waals surface area contributed by atoms with Crippen molar-refractivity contribution in [2.24, 2.45) is 0 Å². The molecule has 0 atom stereocenters. The highest BCUT2D eigenvalue weighted by Gasteiger charge is 2.17. The molecule has 0 radical (unpaired) electrons.